The number of carbonyl (C=O) groups is 1. The van der Waals surface area contributed by atoms with Crippen LogP contribution in [0.5, 0.6) is 0 Å². The van der Waals surface area contributed by atoms with Crippen LogP contribution in [0.3, 0.4) is 0 Å². The summed E-state index contributed by atoms with van der Waals surface area (Å²) in [6, 6.07) is 7.24. The number of rotatable bonds is 5. The molecule has 0 radical (unpaired) electrons. The van der Waals surface area contributed by atoms with E-state index in [-0.39, 0.29) is 5.91 Å². The lowest BCUT2D eigenvalue weighted by Crippen LogP contribution is -2.28. The molecule has 6 heteroatoms. The lowest BCUT2D eigenvalue weighted by Gasteiger charge is -2.12. The van der Waals surface area contributed by atoms with Crippen molar-refractivity contribution in [2.24, 2.45) is 5.92 Å². The van der Waals surface area contributed by atoms with Crippen molar-refractivity contribution in [3.63, 3.8) is 0 Å². The first kappa shape index (κ1) is 17.2. The van der Waals surface area contributed by atoms with Crippen molar-refractivity contribution >= 4 is 29.1 Å². The highest BCUT2D eigenvalue weighted by Gasteiger charge is 2.12. The van der Waals surface area contributed by atoms with Crippen LogP contribution < -0.4 is 10.6 Å². The number of aromatic nitrogens is 2. The van der Waals surface area contributed by atoms with E-state index in [0.29, 0.717) is 29.1 Å². The van der Waals surface area contributed by atoms with Crippen molar-refractivity contribution in [3.05, 3.63) is 46.2 Å². The van der Waals surface area contributed by atoms with Crippen molar-refractivity contribution in [2.75, 3.05) is 11.9 Å². The minimum atomic E-state index is -0.199. The van der Waals surface area contributed by atoms with Gasteiger partial charge in [0.15, 0.2) is 0 Å². The van der Waals surface area contributed by atoms with Crippen LogP contribution >= 0.6 is 11.6 Å². The zero-order valence-corrected chi connectivity index (χ0v) is 14.5. The second-order valence-electron chi connectivity index (χ2n) is 5.86. The third kappa shape index (κ3) is 4.66. The summed E-state index contributed by atoms with van der Waals surface area (Å²) in [7, 11) is 0. The highest BCUT2D eigenvalue weighted by atomic mass is 35.5. The number of hydrogen-bond acceptors (Lipinski definition) is 4. The summed E-state index contributed by atoms with van der Waals surface area (Å²) < 4.78 is 0. The fraction of sp³-hybridized carbons (Fsp3) is 0.353. The van der Waals surface area contributed by atoms with E-state index in [1.807, 2.05) is 45.9 Å². The van der Waals surface area contributed by atoms with E-state index in [4.69, 9.17) is 11.6 Å². The molecule has 23 heavy (non-hydrogen) atoms. The van der Waals surface area contributed by atoms with Crippen LogP contribution in [-0.2, 0) is 0 Å². The lowest BCUT2D eigenvalue weighted by molar-refractivity contribution is 0.0944. The predicted octanol–water partition coefficient (Wildman–Crippen LogP) is 3.88. The van der Waals surface area contributed by atoms with Gasteiger partial charge in [0.25, 0.3) is 5.91 Å². The van der Waals surface area contributed by atoms with Gasteiger partial charge >= 0.3 is 0 Å². The van der Waals surface area contributed by atoms with Gasteiger partial charge in [0.1, 0.15) is 5.69 Å². The Morgan fingerprint density at radius 3 is 2.70 bits per heavy atom. The molecule has 1 amide bonds. The predicted molar refractivity (Wildman–Crippen MR) is 93.4 cm³/mol. The van der Waals surface area contributed by atoms with Gasteiger partial charge in [-0.1, -0.05) is 31.5 Å². The molecule has 0 atom stereocenters. The van der Waals surface area contributed by atoms with Crippen molar-refractivity contribution in [1.29, 1.82) is 0 Å². The molecule has 1 aromatic carbocycles. The molecule has 2 N–H and O–H groups in total. The molecule has 0 saturated carbocycles. The molecule has 0 aliphatic carbocycles. The molecule has 2 aromatic rings. The molecule has 0 spiro atoms. The first-order chi connectivity index (χ1) is 10.9. The molecule has 2 rings (SSSR count). The molecule has 1 aromatic heterocycles. The average Bonchev–Trinajstić information content (AvgIpc) is 2.49. The Labute approximate surface area is 141 Å². The smallest absolute Gasteiger partial charge is 0.270 e. The van der Waals surface area contributed by atoms with E-state index in [0.717, 1.165) is 16.9 Å². The quantitative estimate of drug-likeness (QED) is 0.872. The Bertz CT molecular complexity index is 716. The van der Waals surface area contributed by atoms with E-state index in [1.54, 1.807) is 6.07 Å². The summed E-state index contributed by atoms with van der Waals surface area (Å²) in [4.78, 5) is 20.8. The number of anilines is 2. The molecule has 1 heterocycles. The van der Waals surface area contributed by atoms with Gasteiger partial charge in [0.05, 0.1) is 0 Å². The van der Waals surface area contributed by atoms with Crippen molar-refractivity contribution in [1.82, 2.24) is 15.3 Å². The number of nitrogens with one attached hydrogen (secondary N) is 2. The maximum atomic E-state index is 12.2. The summed E-state index contributed by atoms with van der Waals surface area (Å²) in [6.07, 6.45) is 0. The van der Waals surface area contributed by atoms with Gasteiger partial charge in [-0.15, -0.1) is 0 Å². The molecular weight excluding hydrogens is 312 g/mol. The van der Waals surface area contributed by atoms with Gasteiger partial charge < -0.3 is 10.6 Å². The molecule has 0 unspecified atom stereocenters. The van der Waals surface area contributed by atoms with E-state index in [1.165, 1.54) is 0 Å². The number of carbonyl (C=O) groups excluding carboxylic acids is 1. The lowest BCUT2D eigenvalue weighted by atomic mass is 10.2. The fourth-order valence-electron chi connectivity index (χ4n) is 1.99. The zero-order chi connectivity index (χ0) is 17.0. The van der Waals surface area contributed by atoms with Gasteiger partial charge in [0.2, 0.25) is 5.95 Å². The Hall–Kier alpha value is -2.14. The van der Waals surface area contributed by atoms with Gasteiger partial charge in [-0.2, -0.15) is 0 Å². The van der Waals surface area contributed by atoms with Crippen LogP contribution in [0.25, 0.3) is 0 Å². The second kappa shape index (κ2) is 7.42. The zero-order valence-electron chi connectivity index (χ0n) is 13.8. The van der Waals surface area contributed by atoms with Crippen molar-refractivity contribution in [3.8, 4) is 0 Å². The van der Waals surface area contributed by atoms with Crippen LogP contribution in [0, 0.1) is 19.8 Å². The van der Waals surface area contributed by atoms with Crippen molar-refractivity contribution in [2.45, 2.75) is 27.7 Å². The van der Waals surface area contributed by atoms with E-state index in [9.17, 15) is 4.79 Å². The monoisotopic (exact) mass is 332 g/mol. The SMILES string of the molecule is Cc1cc(C(=O)NCC(C)C)nc(Nc2cccc(Cl)c2C)n1. The maximum absolute atomic E-state index is 12.2. The second-order valence-corrected chi connectivity index (χ2v) is 6.27. The number of benzene rings is 1. The standard InChI is InChI=1S/C17H21ClN4O/c1-10(2)9-19-16(23)15-8-11(3)20-17(22-15)21-14-7-5-6-13(18)12(14)4/h5-8,10H,9H2,1-4H3,(H,19,23)(H,20,21,22). The molecule has 122 valence electrons. The molecule has 0 fully saturated rings. The maximum Gasteiger partial charge on any atom is 0.270 e. The molecule has 5 nitrogen and oxygen atoms in total. The van der Waals surface area contributed by atoms with Crippen LogP contribution in [-0.4, -0.2) is 22.4 Å². The minimum absolute atomic E-state index is 0.199. The molecule has 0 bridgehead atoms. The summed E-state index contributed by atoms with van der Waals surface area (Å²) >= 11 is 6.12. The Morgan fingerprint density at radius 2 is 2.00 bits per heavy atom. The van der Waals surface area contributed by atoms with Gasteiger partial charge in [-0.05, 0) is 43.5 Å². The molecule has 0 aliphatic rings. The largest absolute Gasteiger partial charge is 0.350 e. The number of aryl methyl sites for hydroxylation is 1. The van der Waals surface area contributed by atoms with Crippen LogP contribution in [0.1, 0.15) is 35.6 Å². The summed E-state index contributed by atoms with van der Waals surface area (Å²) in [5.41, 5.74) is 2.79. The fourth-order valence-corrected chi connectivity index (χ4v) is 2.17. The van der Waals surface area contributed by atoms with Crippen LogP contribution in [0.15, 0.2) is 24.3 Å². The van der Waals surface area contributed by atoms with Crippen molar-refractivity contribution < 1.29 is 4.79 Å². The minimum Gasteiger partial charge on any atom is -0.350 e. The van der Waals surface area contributed by atoms with E-state index in [2.05, 4.69) is 20.6 Å². The summed E-state index contributed by atoms with van der Waals surface area (Å²) in [5, 5.41) is 6.65. The third-order valence-electron chi connectivity index (χ3n) is 3.27. The normalized spacial score (nSPS) is 10.7. The molecular formula is C17H21ClN4O. The van der Waals surface area contributed by atoms with Crippen LogP contribution in [0.4, 0.5) is 11.6 Å². The first-order valence-corrected chi connectivity index (χ1v) is 7.90. The highest BCUT2D eigenvalue weighted by Crippen LogP contribution is 2.25. The highest BCUT2D eigenvalue weighted by molar-refractivity contribution is 6.31. The Balaban J connectivity index is 2.23. The van der Waals surface area contributed by atoms with E-state index >= 15 is 0 Å². The molecule has 0 aliphatic heterocycles. The summed E-state index contributed by atoms with van der Waals surface area (Å²) in [6.45, 7) is 8.44. The first-order valence-electron chi connectivity index (χ1n) is 7.53. The number of nitrogens with zero attached hydrogens (tertiary/aromatic N) is 2. The Kier molecular flexibility index (Phi) is 5.55. The number of hydrogen-bond donors (Lipinski definition) is 2. The van der Waals surface area contributed by atoms with E-state index < -0.39 is 0 Å². The number of amides is 1. The number of halogens is 1. The third-order valence-corrected chi connectivity index (χ3v) is 3.68. The summed E-state index contributed by atoms with van der Waals surface area (Å²) in [5.74, 6) is 0.564. The average molecular weight is 333 g/mol. The van der Waals surface area contributed by atoms with Gasteiger partial charge in [0, 0.05) is 22.9 Å². The Morgan fingerprint density at radius 1 is 1.26 bits per heavy atom. The topological polar surface area (TPSA) is 66.9 Å². The van der Waals surface area contributed by atoms with Crippen LogP contribution in [0.2, 0.25) is 5.02 Å². The van der Waals surface area contributed by atoms with Gasteiger partial charge in [-0.25, -0.2) is 9.97 Å². The van der Waals surface area contributed by atoms with Gasteiger partial charge in [-0.3, -0.25) is 4.79 Å². The molecule has 0 saturated heterocycles.